The van der Waals surface area contributed by atoms with Gasteiger partial charge in [-0.2, -0.15) is 5.10 Å². The van der Waals surface area contributed by atoms with Gasteiger partial charge in [-0.3, -0.25) is 20.3 Å². The number of nitrogens with zero attached hydrogens (tertiary/aromatic N) is 2. The molecule has 1 heterocycles. The van der Waals surface area contributed by atoms with Gasteiger partial charge in [0.05, 0.1) is 23.6 Å². The first-order valence-electron chi connectivity index (χ1n) is 8.47. The number of halogens is 1. The SMILES string of the molecule is CCOC(=O)c1sc(NC(=O)/C(=N/Nc2ccc(F)cc2C(=O)O)C(C)=O)nc1C. The maximum atomic E-state index is 13.3. The molecule has 3 N–H and O–H groups in total. The molecule has 1 aromatic heterocycles. The van der Waals surface area contributed by atoms with E-state index < -0.39 is 40.7 Å². The summed E-state index contributed by atoms with van der Waals surface area (Å²) < 4.78 is 18.2. The molecule has 30 heavy (non-hydrogen) atoms. The summed E-state index contributed by atoms with van der Waals surface area (Å²) in [6.07, 6.45) is 0. The smallest absolute Gasteiger partial charge is 0.350 e. The van der Waals surface area contributed by atoms with Crippen molar-refractivity contribution < 1.29 is 33.4 Å². The maximum absolute atomic E-state index is 13.3. The average molecular weight is 436 g/mol. The van der Waals surface area contributed by atoms with E-state index in [2.05, 4.69) is 20.8 Å². The second-order valence-electron chi connectivity index (χ2n) is 5.73. The minimum atomic E-state index is -1.43. The fraction of sp³-hybridized carbons (Fsp3) is 0.222. The summed E-state index contributed by atoms with van der Waals surface area (Å²) in [7, 11) is 0. The molecule has 12 heteroatoms. The van der Waals surface area contributed by atoms with Gasteiger partial charge in [-0.15, -0.1) is 0 Å². The first-order valence-corrected chi connectivity index (χ1v) is 9.29. The molecule has 0 aliphatic rings. The average Bonchev–Trinajstić information content (AvgIpc) is 3.02. The lowest BCUT2D eigenvalue weighted by molar-refractivity contribution is -0.114. The van der Waals surface area contributed by atoms with Gasteiger partial charge in [0.1, 0.15) is 10.7 Å². The predicted octanol–water partition coefficient (Wildman–Crippen LogP) is 2.46. The normalized spacial score (nSPS) is 11.0. The van der Waals surface area contributed by atoms with E-state index in [9.17, 15) is 23.6 Å². The molecule has 0 aliphatic carbocycles. The van der Waals surface area contributed by atoms with E-state index in [-0.39, 0.29) is 22.3 Å². The number of carboxylic acids is 1. The van der Waals surface area contributed by atoms with Crippen molar-refractivity contribution in [3.8, 4) is 0 Å². The van der Waals surface area contributed by atoms with Crippen molar-refractivity contribution >= 4 is 51.5 Å². The van der Waals surface area contributed by atoms with Crippen LogP contribution in [0.2, 0.25) is 0 Å². The number of rotatable bonds is 8. The van der Waals surface area contributed by atoms with Gasteiger partial charge in [0, 0.05) is 6.92 Å². The van der Waals surface area contributed by atoms with Gasteiger partial charge in [0.15, 0.2) is 16.6 Å². The molecule has 0 unspecified atom stereocenters. The van der Waals surface area contributed by atoms with Gasteiger partial charge in [-0.1, -0.05) is 11.3 Å². The molecule has 2 aromatic rings. The lowest BCUT2D eigenvalue weighted by atomic mass is 10.2. The number of hydrazone groups is 1. The standard InChI is InChI=1S/C18H17FN4O6S/c1-4-29-17(28)14-8(2)20-18(30-14)21-15(25)13(9(3)24)23-22-12-6-5-10(19)7-11(12)16(26)27/h5-7,22H,4H2,1-3H3,(H,26,27)(H,20,21,25)/b23-13+. The van der Waals surface area contributed by atoms with Crippen molar-refractivity contribution in [1.29, 1.82) is 0 Å². The molecule has 0 fully saturated rings. The summed E-state index contributed by atoms with van der Waals surface area (Å²) >= 11 is 0.864. The van der Waals surface area contributed by atoms with E-state index in [1.807, 2.05) is 0 Å². The molecule has 0 aliphatic heterocycles. The van der Waals surface area contributed by atoms with E-state index in [0.29, 0.717) is 5.69 Å². The fourth-order valence-electron chi connectivity index (χ4n) is 2.19. The lowest BCUT2D eigenvalue weighted by Crippen LogP contribution is -2.29. The molecule has 2 rings (SSSR count). The monoisotopic (exact) mass is 436 g/mol. The third-order valence-corrected chi connectivity index (χ3v) is 4.58. The first kappa shape index (κ1) is 22.6. The van der Waals surface area contributed by atoms with Crippen LogP contribution in [0.4, 0.5) is 15.2 Å². The Morgan fingerprint density at radius 3 is 2.60 bits per heavy atom. The topological polar surface area (TPSA) is 147 Å². The second-order valence-corrected chi connectivity index (χ2v) is 6.73. The van der Waals surface area contributed by atoms with Crippen LogP contribution >= 0.6 is 11.3 Å². The third kappa shape index (κ3) is 5.44. The van der Waals surface area contributed by atoms with E-state index in [1.54, 1.807) is 13.8 Å². The molecular formula is C18H17FN4O6S. The van der Waals surface area contributed by atoms with Crippen LogP contribution in [-0.4, -0.2) is 46.0 Å². The zero-order valence-electron chi connectivity index (χ0n) is 16.1. The highest BCUT2D eigenvalue weighted by Gasteiger charge is 2.22. The van der Waals surface area contributed by atoms with Crippen LogP contribution in [0.5, 0.6) is 0 Å². The predicted molar refractivity (Wildman–Crippen MR) is 107 cm³/mol. The number of aryl methyl sites for hydroxylation is 1. The second kappa shape index (κ2) is 9.69. The molecule has 0 radical (unpaired) electrons. The molecular weight excluding hydrogens is 419 g/mol. The number of anilines is 2. The van der Waals surface area contributed by atoms with Crippen molar-refractivity contribution in [2.45, 2.75) is 20.8 Å². The Hall–Kier alpha value is -3.67. The number of aromatic carboxylic acids is 1. The first-order chi connectivity index (χ1) is 14.1. The number of Topliss-reactive ketones (excluding diaryl/α,β-unsaturated/α-hetero) is 1. The number of esters is 1. The Morgan fingerprint density at radius 1 is 1.30 bits per heavy atom. The van der Waals surface area contributed by atoms with Gasteiger partial charge < -0.3 is 9.84 Å². The zero-order chi connectivity index (χ0) is 22.4. The van der Waals surface area contributed by atoms with Crippen LogP contribution in [0.1, 0.15) is 39.6 Å². The Morgan fingerprint density at radius 2 is 2.00 bits per heavy atom. The summed E-state index contributed by atoms with van der Waals surface area (Å²) in [4.78, 5) is 51.6. The molecule has 0 saturated heterocycles. The number of carbonyl (C=O) groups excluding carboxylic acids is 3. The fourth-order valence-corrected chi connectivity index (χ4v) is 3.04. The van der Waals surface area contributed by atoms with Crippen molar-refractivity contribution in [2.24, 2.45) is 5.10 Å². The van der Waals surface area contributed by atoms with Crippen molar-refractivity contribution in [3.05, 3.63) is 40.2 Å². The number of carboxylic acid groups (broad SMARTS) is 1. The molecule has 0 saturated carbocycles. The van der Waals surface area contributed by atoms with Gasteiger partial charge in [0.25, 0.3) is 5.91 Å². The summed E-state index contributed by atoms with van der Waals surface area (Å²) in [5.74, 6) is -4.45. The van der Waals surface area contributed by atoms with Crippen molar-refractivity contribution in [1.82, 2.24) is 4.98 Å². The number of carbonyl (C=O) groups is 4. The summed E-state index contributed by atoms with van der Waals surface area (Å²) in [6, 6.07) is 2.86. The van der Waals surface area contributed by atoms with Crippen LogP contribution in [0.15, 0.2) is 23.3 Å². The number of aromatic nitrogens is 1. The zero-order valence-corrected chi connectivity index (χ0v) is 16.9. The van der Waals surface area contributed by atoms with Crippen LogP contribution in [0.25, 0.3) is 0 Å². The van der Waals surface area contributed by atoms with E-state index >= 15 is 0 Å². The number of ether oxygens (including phenoxy) is 1. The quantitative estimate of drug-likeness (QED) is 0.247. The highest BCUT2D eigenvalue weighted by molar-refractivity contribution is 7.17. The maximum Gasteiger partial charge on any atom is 0.350 e. The summed E-state index contributed by atoms with van der Waals surface area (Å²) in [5.41, 5.74) is 1.49. The van der Waals surface area contributed by atoms with Gasteiger partial charge in [-0.25, -0.2) is 19.0 Å². The van der Waals surface area contributed by atoms with E-state index in [0.717, 1.165) is 36.5 Å². The molecule has 0 atom stereocenters. The van der Waals surface area contributed by atoms with Crippen LogP contribution in [-0.2, 0) is 14.3 Å². The Labute approximate surface area is 173 Å². The van der Waals surface area contributed by atoms with Gasteiger partial charge >= 0.3 is 11.9 Å². The summed E-state index contributed by atoms with van der Waals surface area (Å²) in [5, 5.41) is 15.2. The van der Waals surface area contributed by atoms with Gasteiger partial charge in [0.2, 0.25) is 0 Å². The van der Waals surface area contributed by atoms with E-state index in [4.69, 9.17) is 9.84 Å². The van der Waals surface area contributed by atoms with Crippen LogP contribution < -0.4 is 10.7 Å². The lowest BCUT2D eigenvalue weighted by Gasteiger charge is -2.07. The number of ketones is 1. The molecule has 10 nitrogen and oxygen atoms in total. The number of benzene rings is 1. The molecule has 1 amide bonds. The number of hydrogen-bond acceptors (Lipinski definition) is 9. The molecule has 1 aromatic carbocycles. The van der Waals surface area contributed by atoms with Crippen molar-refractivity contribution in [3.63, 3.8) is 0 Å². The molecule has 0 spiro atoms. The van der Waals surface area contributed by atoms with Crippen LogP contribution in [0.3, 0.4) is 0 Å². The number of thiazole rings is 1. The highest BCUT2D eigenvalue weighted by atomic mass is 32.1. The molecule has 158 valence electrons. The number of nitrogens with one attached hydrogen (secondary N) is 2. The third-order valence-electron chi connectivity index (χ3n) is 3.53. The Balaban J connectivity index is 2.24. The highest BCUT2D eigenvalue weighted by Crippen LogP contribution is 2.23. The Bertz CT molecular complexity index is 1050. The van der Waals surface area contributed by atoms with Gasteiger partial charge in [-0.05, 0) is 32.0 Å². The minimum absolute atomic E-state index is 0.0440. The van der Waals surface area contributed by atoms with Crippen molar-refractivity contribution in [2.75, 3.05) is 17.3 Å². The minimum Gasteiger partial charge on any atom is -0.478 e. The number of hydrogen-bond donors (Lipinski definition) is 3. The largest absolute Gasteiger partial charge is 0.478 e. The van der Waals surface area contributed by atoms with E-state index in [1.165, 1.54) is 0 Å². The Kier molecular flexibility index (Phi) is 7.31. The summed E-state index contributed by atoms with van der Waals surface area (Å²) in [6.45, 7) is 4.46. The number of amides is 1. The molecule has 0 bridgehead atoms. The van der Waals surface area contributed by atoms with Crippen LogP contribution in [0, 0.1) is 12.7 Å².